The van der Waals surface area contributed by atoms with E-state index in [1.54, 1.807) is 0 Å². The molecule has 10 heteroatoms. The summed E-state index contributed by atoms with van der Waals surface area (Å²) in [4.78, 5) is -0.692. The summed E-state index contributed by atoms with van der Waals surface area (Å²) in [5, 5.41) is 0. The summed E-state index contributed by atoms with van der Waals surface area (Å²) < 4.78 is 62.1. The van der Waals surface area contributed by atoms with Gasteiger partial charge >= 0.3 is 29.6 Å². The van der Waals surface area contributed by atoms with Gasteiger partial charge < -0.3 is 4.72 Å². The van der Waals surface area contributed by atoms with E-state index in [4.69, 9.17) is 9.11 Å². The molecule has 7 nitrogen and oxygen atoms in total. The molecule has 0 spiro atoms. The first kappa shape index (κ1) is 15.8. The zero-order chi connectivity index (χ0) is 11.7. The predicted octanol–water partition coefficient (Wildman–Crippen LogP) is -2.25. The molecule has 0 aliphatic heterocycles. The van der Waals surface area contributed by atoms with Crippen LogP contribution in [0, 0.1) is 0 Å². The van der Waals surface area contributed by atoms with E-state index < -0.39 is 31.0 Å². The van der Waals surface area contributed by atoms with Crippen LogP contribution in [0.15, 0.2) is 29.2 Å². The number of nitrogens with zero attached hydrogens (tertiary/aromatic N) is 1. The second-order valence-corrected chi connectivity index (χ2v) is 4.95. The molecule has 0 bridgehead atoms. The minimum Gasteiger partial charge on any atom is -0.552 e. The topological polar surface area (TPSA) is 123 Å². The van der Waals surface area contributed by atoms with E-state index in [0.29, 0.717) is 0 Å². The van der Waals surface area contributed by atoms with Crippen LogP contribution in [0.2, 0.25) is 0 Å². The molecule has 1 aromatic carbocycles. The number of rotatable bonds is 3. The van der Waals surface area contributed by atoms with Gasteiger partial charge in [-0.15, -0.1) is 5.69 Å². The largest absolute Gasteiger partial charge is 1.00 e. The molecule has 0 unspecified atom stereocenters. The Labute approximate surface area is 115 Å². The number of benzene rings is 1. The average molecular weight is 275 g/mol. The molecule has 0 fully saturated rings. The Hall–Kier alpha value is -0.160. The van der Waals surface area contributed by atoms with E-state index in [9.17, 15) is 16.8 Å². The fourth-order valence-electron chi connectivity index (χ4n) is 0.875. The van der Waals surface area contributed by atoms with Crippen molar-refractivity contribution in [2.75, 3.05) is 0 Å². The van der Waals surface area contributed by atoms with Crippen molar-refractivity contribution in [1.82, 2.24) is 0 Å². The monoisotopic (exact) mass is 275 g/mol. The maximum atomic E-state index is 10.8. The van der Waals surface area contributed by atoms with Gasteiger partial charge in [0.2, 0.25) is 10.3 Å². The van der Waals surface area contributed by atoms with Gasteiger partial charge in [0, 0.05) is 0 Å². The van der Waals surface area contributed by atoms with E-state index >= 15 is 0 Å². The van der Waals surface area contributed by atoms with Gasteiger partial charge in [-0.2, -0.15) is 8.42 Å². The Morgan fingerprint density at radius 1 is 1.00 bits per heavy atom. The summed E-state index contributed by atoms with van der Waals surface area (Å²) in [6, 6.07) is 4.56. The molecule has 0 heterocycles. The van der Waals surface area contributed by atoms with Crippen LogP contribution in [0.5, 0.6) is 0 Å². The summed E-state index contributed by atoms with van der Waals surface area (Å²) in [6.07, 6.45) is 0. The fraction of sp³-hybridized carbons (Fsp3) is 0. The minimum absolute atomic E-state index is 0. The zero-order valence-corrected chi connectivity index (χ0v) is 11.7. The third kappa shape index (κ3) is 4.78. The Balaban J connectivity index is 0.00000225. The van der Waals surface area contributed by atoms with Gasteiger partial charge in [0.05, 0.1) is 4.90 Å². The minimum atomic E-state index is -4.71. The van der Waals surface area contributed by atoms with Gasteiger partial charge in [0.1, 0.15) is 0 Å². The van der Waals surface area contributed by atoms with E-state index in [0.717, 1.165) is 12.1 Å². The van der Waals surface area contributed by atoms with Gasteiger partial charge in [-0.1, -0.05) is 18.2 Å². The standard InChI is InChI=1S/C6H6NO6S2.Na/c8-14(9,10)6-4-2-1-3-5(6)7-15(11,12)13;/h1-4H,(H,8,9,10)(H,11,12,13);/q-1;+1. The first-order valence-electron chi connectivity index (χ1n) is 3.47. The molecule has 84 valence electrons. The SMILES string of the molecule is O=S(=O)(O)[N-]c1ccccc1S(=O)(=O)O.[Na+]. The second kappa shape index (κ2) is 5.45. The molecule has 0 aliphatic carbocycles. The maximum absolute atomic E-state index is 10.8. The summed E-state index contributed by atoms with van der Waals surface area (Å²) in [5.41, 5.74) is -0.553. The van der Waals surface area contributed by atoms with Crippen LogP contribution in [0.4, 0.5) is 5.69 Å². The second-order valence-electron chi connectivity index (χ2n) is 2.48. The van der Waals surface area contributed by atoms with Crippen molar-refractivity contribution in [2.45, 2.75) is 4.90 Å². The van der Waals surface area contributed by atoms with Gasteiger partial charge in [0.25, 0.3) is 10.1 Å². The molecule has 0 aromatic heterocycles. The smallest absolute Gasteiger partial charge is 0.552 e. The third-order valence-electron chi connectivity index (χ3n) is 1.36. The van der Waals surface area contributed by atoms with Crippen LogP contribution in [0.3, 0.4) is 0 Å². The van der Waals surface area contributed by atoms with Gasteiger partial charge in [-0.25, -0.2) is 8.42 Å². The van der Waals surface area contributed by atoms with Crippen molar-refractivity contribution < 1.29 is 55.5 Å². The van der Waals surface area contributed by atoms with Gasteiger partial charge in [0.15, 0.2) is 0 Å². The Morgan fingerprint density at radius 3 is 1.94 bits per heavy atom. The van der Waals surface area contributed by atoms with Crippen LogP contribution < -0.4 is 29.6 Å². The summed E-state index contributed by atoms with van der Waals surface area (Å²) in [5.74, 6) is 0. The van der Waals surface area contributed by atoms with E-state index in [2.05, 4.69) is 4.72 Å². The third-order valence-corrected chi connectivity index (χ3v) is 2.69. The van der Waals surface area contributed by atoms with E-state index in [1.807, 2.05) is 0 Å². The Kier molecular flexibility index (Phi) is 5.39. The molecule has 1 rings (SSSR count). The van der Waals surface area contributed by atoms with Crippen LogP contribution in [0.25, 0.3) is 4.72 Å². The Morgan fingerprint density at radius 2 is 1.50 bits per heavy atom. The van der Waals surface area contributed by atoms with Crippen molar-refractivity contribution in [3.8, 4) is 0 Å². The molecule has 1 aromatic rings. The van der Waals surface area contributed by atoms with Crippen molar-refractivity contribution in [3.63, 3.8) is 0 Å². The van der Waals surface area contributed by atoms with Crippen LogP contribution in [-0.2, 0) is 20.4 Å². The maximum Gasteiger partial charge on any atom is 1.00 e. The van der Waals surface area contributed by atoms with Crippen molar-refractivity contribution in [3.05, 3.63) is 29.0 Å². The summed E-state index contributed by atoms with van der Waals surface area (Å²) in [7, 11) is -9.29. The molecule has 0 atom stereocenters. The zero-order valence-electron chi connectivity index (χ0n) is 8.10. The quantitative estimate of drug-likeness (QED) is 0.474. The van der Waals surface area contributed by atoms with Crippen molar-refractivity contribution in [1.29, 1.82) is 0 Å². The molecule has 0 saturated heterocycles. The summed E-state index contributed by atoms with van der Waals surface area (Å²) >= 11 is 0. The predicted molar refractivity (Wildman–Crippen MR) is 50.8 cm³/mol. The normalized spacial score (nSPS) is 11.6. The molecule has 16 heavy (non-hydrogen) atoms. The van der Waals surface area contributed by atoms with Crippen LogP contribution in [0.1, 0.15) is 0 Å². The van der Waals surface area contributed by atoms with E-state index in [1.165, 1.54) is 12.1 Å². The van der Waals surface area contributed by atoms with Crippen molar-refractivity contribution in [2.24, 2.45) is 0 Å². The molecule has 0 radical (unpaired) electrons. The van der Waals surface area contributed by atoms with Gasteiger partial charge in [-0.3, -0.25) is 9.11 Å². The average Bonchev–Trinajstić information content (AvgIpc) is 1.99. The fourth-order valence-corrected chi connectivity index (χ4v) is 1.97. The Bertz CT molecular complexity index is 566. The van der Waals surface area contributed by atoms with Crippen molar-refractivity contribution >= 4 is 26.1 Å². The molecular formula is C6H6NNaO6S2. The molecule has 0 aliphatic rings. The number of hydrogen-bond acceptors (Lipinski definition) is 4. The molecular weight excluding hydrogens is 269 g/mol. The van der Waals surface area contributed by atoms with Gasteiger partial charge in [-0.05, 0) is 6.07 Å². The van der Waals surface area contributed by atoms with Crippen LogP contribution in [-0.4, -0.2) is 25.9 Å². The van der Waals surface area contributed by atoms with Crippen LogP contribution >= 0.6 is 0 Å². The molecule has 0 saturated carbocycles. The molecule has 0 amide bonds. The summed E-state index contributed by atoms with van der Waals surface area (Å²) in [6.45, 7) is 0. The molecule has 2 N–H and O–H groups in total. The number of hydrogen-bond donors (Lipinski definition) is 2. The van der Waals surface area contributed by atoms with E-state index in [-0.39, 0.29) is 29.6 Å². The first-order chi connectivity index (χ1) is 6.70. The first-order valence-corrected chi connectivity index (χ1v) is 6.31.